The molecule has 20 heavy (non-hydrogen) atoms. The van der Waals surface area contributed by atoms with E-state index in [0.717, 1.165) is 32.1 Å². The van der Waals surface area contributed by atoms with Crippen LogP contribution in [0.3, 0.4) is 0 Å². The molecule has 0 bridgehead atoms. The maximum atomic E-state index is 12.4. The summed E-state index contributed by atoms with van der Waals surface area (Å²) < 4.78 is 37.3. The molecule has 0 rings (SSSR count). The largest absolute Gasteiger partial charge is 0.442 e. The van der Waals surface area contributed by atoms with E-state index in [4.69, 9.17) is 0 Å². The van der Waals surface area contributed by atoms with E-state index in [1.165, 1.54) is 38.5 Å². The van der Waals surface area contributed by atoms with Crippen molar-refractivity contribution in [2.24, 2.45) is 0 Å². The topological polar surface area (TPSA) is 0 Å². The number of thioether (sulfide) groups is 1. The molecule has 4 heteroatoms. The zero-order valence-corrected chi connectivity index (χ0v) is 13.9. The van der Waals surface area contributed by atoms with Gasteiger partial charge in [-0.2, -0.15) is 13.2 Å². The molecule has 0 radical (unpaired) electrons. The molecule has 1 unspecified atom stereocenters. The highest BCUT2D eigenvalue weighted by molar-refractivity contribution is 8.00. The molecule has 0 spiro atoms. The lowest BCUT2D eigenvalue weighted by molar-refractivity contribution is -0.0335. The molecule has 0 saturated heterocycles. The van der Waals surface area contributed by atoms with E-state index in [-0.39, 0.29) is 17.0 Å². The van der Waals surface area contributed by atoms with Gasteiger partial charge in [-0.25, -0.2) is 0 Å². The van der Waals surface area contributed by atoms with Gasteiger partial charge in [0.25, 0.3) is 0 Å². The third kappa shape index (κ3) is 14.5. The first-order valence-corrected chi connectivity index (χ1v) is 9.12. The maximum Gasteiger partial charge on any atom is 0.442 e. The van der Waals surface area contributed by atoms with Crippen LogP contribution in [0.5, 0.6) is 0 Å². The minimum Gasteiger partial charge on any atom is -0.160 e. The average molecular weight is 312 g/mol. The lowest BCUT2D eigenvalue weighted by Gasteiger charge is -2.17. The summed E-state index contributed by atoms with van der Waals surface area (Å²) in [6.45, 7) is 4.24. The van der Waals surface area contributed by atoms with Crippen molar-refractivity contribution in [3.63, 3.8) is 0 Å². The van der Waals surface area contributed by atoms with Gasteiger partial charge in [-0.05, 0) is 24.6 Å². The van der Waals surface area contributed by atoms with E-state index in [1.807, 2.05) is 6.92 Å². The zero-order chi connectivity index (χ0) is 15.3. The summed E-state index contributed by atoms with van der Waals surface area (Å²) in [6, 6.07) is 0. The molecule has 0 aromatic heterocycles. The lowest BCUT2D eigenvalue weighted by atomic mass is 10.0. The lowest BCUT2D eigenvalue weighted by Crippen LogP contribution is -2.12. The third-order valence-electron chi connectivity index (χ3n) is 3.56. The molecule has 1 atom stereocenters. The standard InChI is InChI=1S/C16H31F3S/c1-3-5-7-8-9-10-11-12-14-15(13-6-4-2)20-16(17,18)19/h15H,3-14H2,1-2H3. The van der Waals surface area contributed by atoms with E-state index in [0.29, 0.717) is 6.42 Å². The first-order chi connectivity index (χ1) is 9.49. The molecule has 0 fully saturated rings. The molecule has 122 valence electrons. The summed E-state index contributed by atoms with van der Waals surface area (Å²) >= 11 is 0.217. The van der Waals surface area contributed by atoms with Crippen molar-refractivity contribution in [1.82, 2.24) is 0 Å². The highest BCUT2D eigenvalue weighted by Crippen LogP contribution is 2.38. The van der Waals surface area contributed by atoms with Crippen molar-refractivity contribution in [1.29, 1.82) is 0 Å². The highest BCUT2D eigenvalue weighted by atomic mass is 32.2. The fourth-order valence-corrected chi connectivity index (χ4v) is 3.34. The molecular formula is C16H31F3S. The van der Waals surface area contributed by atoms with Gasteiger partial charge < -0.3 is 0 Å². The molecule has 0 aliphatic heterocycles. The Morgan fingerprint density at radius 1 is 0.700 bits per heavy atom. The van der Waals surface area contributed by atoms with Crippen LogP contribution in [0.2, 0.25) is 0 Å². The van der Waals surface area contributed by atoms with Crippen molar-refractivity contribution >= 4 is 11.8 Å². The van der Waals surface area contributed by atoms with Crippen molar-refractivity contribution in [2.75, 3.05) is 0 Å². The number of rotatable bonds is 13. The van der Waals surface area contributed by atoms with Crippen LogP contribution >= 0.6 is 11.8 Å². The second kappa shape index (κ2) is 12.8. The molecule has 0 aromatic carbocycles. The molecule has 0 N–H and O–H groups in total. The Balaban J connectivity index is 3.63. The first-order valence-electron chi connectivity index (χ1n) is 8.24. The molecule has 0 heterocycles. The highest BCUT2D eigenvalue weighted by Gasteiger charge is 2.32. The molecule has 0 nitrogen and oxygen atoms in total. The maximum absolute atomic E-state index is 12.4. The van der Waals surface area contributed by atoms with Crippen LogP contribution in [0.15, 0.2) is 0 Å². The van der Waals surface area contributed by atoms with Gasteiger partial charge in [0.2, 0.25) is 0 Å². The fraction of sp³-hybridized carbons (Fsp3) is 1.00. The SMILES string of the molecule is CCCCCCCCCCC(CCCC)SC(F)(F)F. The Morgan fingerprint density at radius 3 is 1.65 bits per heavy atom. The Hall–Kier alpha value is 0.140. The van der Waals surface area contributed by atoms with Gasteiger partial charge in [0, 0.05) is 5.25 Å². The van der Waals surface area contributed by atoms with E-state index in [9.17, 15) is 13.2 Å². The Labute approximate surface area is 127 Å². The van der Waals surface area contributed by atoms with Crippen LogP contribution < -0.4 is 0 Å². The Bertz CT molecular complexity index is 204. The molecule has 0 amide bonds. The van der Waals surface area contributed by atoms with E-state index >= 15 is 0 Å². The van der Waals surface area contributed by atoms with Crippen molar-refractivity contribution in [2.45, 2.75) is 102 Å². The van der Waals surface area contributed by atoms with Crippen molar-refractivity contribution < 1.29 is 13.2 Å². The average Bonchev–Trinajstić information content (AvgIpc) is 2.37. The van der Waals surface area contributed by atoms with Gasteiger partial charge in [0.1, 0.15) is 0 Å². The quantitative estimate of drug-likeness (QED) is 0.321. The number of halogens is 3. The summed E-state index contributed by atoms with van der Waals surface area (Å²) in [6.07, 6.45) is 12.9. The number of unbranched alkanes of at least 4 members (excludes halogenated alkanes) is 8. The molecule has 0 aromatic rings. The van der Waals surface area contributed by atoms with E-state index < -0.39 is 5.51 Å². The number of hydrogen-bond donors (Lipinski definition) is 0. The van der Waals surface area contributed by atoms with Crippen LogP contribution in [-0.4, -0.2) is 10.8 Å². The minimum absolute atomic E-state index is 0.217. The van der Waals surface area contributed by atoms with Crippen LogP contribution in [-0.2, 0) is 0 Å². The predicted octanol–water partition coefficient (Wildman–Crippen LogP) is 7.33. The van der Waals surface area contributed by atoms with Gasteiger partial charge in [-0.15, -0.1) is 0 Å². The van der Waals surface area contributed by atoms with E-state index in [1.54, 1.807) is 0 Å². The van der Waals surface area contributed by atoms with E-state index in [2.05, 4.69) is 6.92 Å². The molecule has 0 aliphatic rings. The van der Waals surface area contributed by atoms with Crippen molar-refractivity contribution in [3.8, 4) is 0 Å². The van der Waals surface area contributed by atoms with Gasteiger partial charge in [-0.1, -0.05) is 78.1 Å². The van der Waals surface area contributed by atoms with Crippen LogP contribution in [0.25, 0.3) is 0 Å². The summed E-state index contributed by atoms with van der Waals surface area (Å²) in [7, 11) is 0. The summed E-state index contributed by atoms with van der Waals surface area (Å²) in [5.41, 5.74) is -4.07. The molecular weight excluding hydrogens is 281 g/mol. The summed E-state index contributed by atoms with van der Waals surface area (Å²) in [5.74, 6) is 0. The van der Waals surface area contributed by atoms with Gasteiger partial charge in [-0.3, -0.25) is 0 Å². The molecule has 0 saturated carbocycles. The zero-order valence-electron chi connectivity index (χ0n) is 13.1. The second-order valence-corrected chi connectivity index (χ2v) is 6.96. The van der Waals surface area contributed by atoms with Gasteiger partial charge >= 0.3 is 5.51 Å². The van der Waals surface area contributed by atoms with Crippen molar-refractivity contribution in [3.05, 3.63) is 0 Å². The third-order valence-corrected chi connectivity index (χ3v) is 4.63. The van der Waals surface area contributed by atoms with Crippen LogP contribution in [0, 0.1) is 0 Å². The fourth-order valence-electron chi connectivity index (χ4n) is 2.39. The monoisotopic (exact) mass is 312 g/mol. The predicted molar refractivity (Wildman–Crippen MR) is 84.2 cm³/mol. The van der Waals surface area contributed by atoms with Gasteiger partial charge in [0.15, 0.2) is 0 Å². The number of alkyl halides is 3. The smallest absolute Gasteiger partial charge is 0.160 e. The molecule has 0 aliphatic carbocycles. The summed E-state index contributed by atoms with van der Waals surface area (Å²) in [4.78, 5) is 0. The number of hydrogen-bond acceptors (Lipinski definition) is 1. The minimum atomic E-state index is -4.07. The normalized spacial score (nSPS) is 13.7. The van der Waals surface area contributed by atoms with Crippen LogP contribution in [0.1, 0.15) is 90.9 Å². The first kappa shape index (κ1) is 20.1. The van der Waals surface area contributed by atoms with Crippen LogP contribution in [0.4, 0.5) is 13.2 Å². The second-order valence-electron chi connectivity index (χ2n) is 5.59. The Morgan fingerprint density at radius 2 is 1.15 bits per heavy atom. The summed E-state index contributed by atoms with van der Waals surface area (Å²) in [5, 5.41) is -0.227. The Kier molecular flexibility index (Phi) is 12.9. The van der Waals surface area contributed by atoms with Gasteiger partial charge in [0.05, 0.1) is 0 Å².